The van der Waals surface area contributed by atoms with Crippen LogP contribution in [0.4, 0.5) is 0 Å². The number of benzene rings is 1. The van der Waals surface area contributed by atoms with Crippen LogP contribution in [0.2, 0.25) is 0 Å². The molecule has 2 heterocycles. The molecule has 3 rings (SSSR count). The fraction of sp³-hybridized carbons (Fsp3) is 0.235. The Morgan fingerprint density at radius 2 is 1.77 bits per heavy atom. The number of nitrogens with zero attached hydrogens (tertiary/aromatic N) is 4. The Bertz CT molecular complexity index is 795. The van der Waals surface area contributed by atoms with Crippen molar-refractivity contribution in [1.29, 1.82) is 0 Å². The number of aromatic nitrogens is 2. The van der Waals surface area contributed by atoms with E-state index in [1.54, 1.807) is 11.8 Å². The number of ether oxygens (including phenoxy) is 1. The van der Waals surface area contributed by atoms with E-state index in [2.05, 4.69) is 15.1 Å². The van der Waals surface area contributed by atoms with Gasteiger partial charge < -0.3 is 4.74 Å². The third-order valence-electron chi connectivity index (χ3n) is 3.48. The summed E-state index contributed by atoms with van der Waals surface area (Å²) in [5, 5.41) is 4.43. The monoisotopic (exact) mass is 294 g/mol. The van der Waals surface area contributed by atoms with Crippen LogP contribution in [0, 0.1) is 13.8 Å². The van der Waals surface area contributed by atoms with Crippen LogP contribution in [0.25, 0.3) is 6.08 Å². The molecule has 1 aliphatic rings. The van der Waals surface area contributed by atoms with Crippen molar-refractivity contribution in [3.8, 4) is 5.75 Å². The van der Waals surface area contributed by atoms with Crippen molar-refractivity contribution >= 4 is 17.7 Å². The molecule has 2 aromatic rings. The van der Waals surface area contributed by atoms with Crippen molar-refractivity contribution in [3.05, 3.63) is 53.0 Å². The van der Waals surface area contributed by atoms with Gasteiger partial charge in [-0.3, -0.25) is 0 Å². The van der Waals surface area contributed by atoms with E-state index in [0.29, 0.717) is 5.96 Å². The summed E-state index contributed by atoms with van der Waals surface area (Å²) in [7, 11) is 1.66. The Morgan fingerprint density at radius 1 is 1.05 bits per heavy atom. The number of methoxy groups -OCH3 is 1. The van der Waals surface area contributed by atoms with Crippen LogP contribution in [-0.2, 0) is 0 Å². The second-order valence-electron chi connectivity index (χ2n) is 5.25. The van der Waals surface area contributed by atoms with Gasteiger partial charge in [-0.1, -0.05) is 12.1 Å². The van der Waals surface area contributed by atoms with Crippen molar-refractivity contribution < 1.29 is 4.74 Å². The summed E-state index contributed by atoms with van der Waals surface area (Å²) in [6, 6.07) is 9.86. The van der Waals surface area contributed by atoms with Crippen LogP contribution in [0.15, 0.2) is 46.0 Å². The highest BCUT2D eigenvalue weighted by Gasteiger charge is 2.16. The Morgan fingerprint density at radius 3 is 2.36 bits per heavy atom. The van der Waals surface area contributed by atoms with Gasteiger partial charge in [-0.25, -0.2) is 14.7 Å². The van der Waals surface area contributed by atoms with Crippen LogP contribution in [-0.4, -0.2) is 28.6 Å². The normalized spacial score (nSPS) is 15.9. The first-order valence-electron chi connectivity index (χ1n) is 7.10. The van der Waals surface area contributed by atoms with Crippen LogP contribution in [0.1, 0.15) is 23.9 Å². The summed E-state index contributed by atoms with van der Waals surface area (Å²) in [5.41, 5.74) is 4.79. The highest BCUT2D eigenvalue weighted by atomic mass is 16.5. The largest absolute Gasteiger partial charge is 0.497 e. The van der Waals surface area contributed by atoms with E-state index in [0.717, 1.165) is 34.1 Å². The molecule has 1 aromatic carbocycles. The average molecular weight is 294 g/mol. The number of hydrogen-bond acceptors (Lipinski definition) is 4. The minimum Gasteiger partial charge on any atom is -0.497 e. The highest BCUT2D eigenvalue weighted by molar-refractivity contribution is 6.13. The van der Waals surface area contributed by atoms with Crippen molar-refractivity contribution in [2.24, 2.45) is 9.98 Å². The molecule has 0 fully saturated rings. The average Bonchev–Trinajstić information content (AvgIpc) is 3.02. The van der Waals surface area contributed by atoms with Gasteiger partial charge in [0.1, 0.15) is 5.75 Å². The SMILES string of the molecule is COc1ccc(/C=C2/N=C(n3nc(C)cc3C)N=C2C)cc1. The summed E-state index contributed by atoms with van der Waals surface area (Å²) in [5.74, 6) is 1.45. The Balaban J connectivity index is 1.93. The molecule has 22 heavy (non-hydrogen) atoms. The predicted molar refractivity (Wildman–Crippen MR) is 88.6 cm³/mol. The molecule has 112 valence electrons. The van der Waals surface area contributed by atoms with Crippen LogP contribution in [0.5, 0.6) is 5.75 Å². The molecular weight excluding hydrogens is 276 g/mol. The molecule has 0 atom stereocenters. The fourth-order valence-corrected chi connectivity index (χ4v) is 2.34. The minimum absolute atomic E-state index is 0.614. The number of hydrogen-bond donors (Lipinski definition) is 0. The highest BCUT2D eigenvalue weighted by Crippen LogP contribution is 2.19. The molecule has 1 aromatic heterocycles. The summed E-state index contributed by atoms with van der Waals surface area (Å²) in [6.07, 6.45) is 2.01. The van der Waals surface area contributed by atoms with Crippen molar-refractivity contribution in [1.82, 2.24) is 9.78 Å². The molecule has 0 spiro atoms. The van der Waals surface area contributed by atoms with E-state index >= 15 is 0 Å². The molecule has 0 unspecified atom stereocenters. The lowest BCUT2D eigenvalue weighted by molar-refractivity contribution is 0.415. The van der Waals surface area contributed by atoms with Crippen molar-refractivity contribution in [3.63, 3.8) is 0 Å². The smallest absolute Gasteiger partial charge is 0.251 e. The number of aliphatic imine (C=N–C) groups is 2. The Kier molecular flexibility index (Phi) is 3.63. The van der Waals surface area contributed by atoms with Gasteiger partial charge in [0.05, 0.1) is 24.2 Å². The van der Waals surface area contributed by atoms with Crippen LogP contribution >= 0.6 is 0 Å². The standard InChI is InChI=1S/C17H18N4O/c1-11-9-12(2)21(20-11)17-18-13(3)16(19-17)10-14-5-7-15(22-4)8-6-14/h5-10H,1-4H3/b16-10+. The summed E-state index contributed by atoms with van der Waals surface area (Å²) >= 11 is 0. The maximum absolute atomic E-state index is 5.17. The van der Waals surface area contributed by atoms with E-state index in [1.807, 2.05) is 57.2 Å². The van der Waals surface area contributed by atoms with Crippen molar-refractivity contribution in [2.75, 3.05) is 7.11 Å². The first-order chi connectivity index (χ1) is 10.6. The molecule has 0 saturated carbocycles. The van der Waals surface area contributed by atoms with Gasteiger partial charge in [0.25, 0.3) is 5.96 Å². The first kappa shape index (κ1) is 14.3. The zero-order chi connectivity index (χ0) is 15.7. The molecule has 0 bridgehead atoms. The molecule has 0 amide bonds. The maximum atomic E-state index is 5.17. The molecular formula is C17H18N4O. The number of rotatable bonds is 2. The zero-order valence-electron chi connectivity index (χ0n) is 13.2. The summed E-state index contributed by atoms with van der Waals surface area (Å²) < 4.78 is 6.94. The second-order valence-corrected chi connectivity index (χ2v) is 5.25. The number of aryl methyl sites for hydroxylation is 2. The minimum atomic E-state index is 0.614. The van der Waals surface area contributed by atoms with Gasteiger partial charge in [0.2, 0.25) is 0 Å². The first-order valence-corrected chi connectivity index (χ1v) is 7.10. The summed E-state index contributed by atoms with van der Waals surface area (Å²) in [6.45, 7) is 5.92. The van der Waals surface area contributed by atoms with Crippen LogP contribution < -0.4 is 4.74 Å². The second kappa shape index (κ2) is 5.60. The molecule has 0 N–H and O–H groups in total. The third kappa shape index (κ3) is 2.70. The van der Waals surface area contributed by atoms with Gasteiger partial charge in [-0.2, -0.15) is 5.10 Å². The van der Waals surface area contributed by atoms with Gasteiger partial charge >= 0.3 is 0 Å². The van der Waals surface area contributed by atoms with E-state index in [-0.39, 0.29) is 0 Å². The van der Waals surface area contributed by atoms with E-state index in [9.17, 15) is 0 Å². The molecule has 1 aliphatic heterocycles. The lowest BCUT2D eigenvalue weighted by Crippen LogP contribution is -2.11. The topological polar surface area (TPSA) is 51.8 Å². The summed E-state index contributed by atoms with van der Waals surface area (Å²) in [4.78, 5) is 9.11. The van der Waals surface area contributed by atoms with Gasteiger partial charge in [0, 0.05) is 5.69 Å². The lowest BCUT2D eigenvalue weighted by atomic mass is 10.1. The van der Waals surface area contributed by atoms with E-state index in [1.165, 1.54) is 0 Å². The maximum Gasteiger partial charge on any atom is 0.251 e. The predicted octanol–water partition coefficient (Wildman–Crippen LogP) is 3.23. The van der Waals surface area contributed by atoms with Gasteiger partial charge in [-0.05, 0) is 50.6 Å². The Hall–Kier alpha value is -2.69. The molecule has 0 aliphatic carbocycles. The van der Waals surface area contributed by atoms with E-state index in [4.69, 9.17) is 4.74 Å². The van der Waals surface area contributed by atoms with Gasteiger partial charge in [0.15, 0.2) is 0 Å². The molecule has 5 heteroatoms. The zero-order valence-corrected chi connectivity index (χ0v) is 13.2. The van der Waals surface area contributed by atoms with E-state index < -0.39 is 0 Å². The van der Waals surface area contributed by atoms with Gasteiger partial charge in [-0.15, -0.1) is 0 Å². The fourth-order valence-electron chi connectivity index (χ4n) is 2.34. The lowest BCUT2D eigenvalue weighted by Gasteiger charge is -2.00. The van der Waals surface area contributed by atoms with Crippen LogP contribution in [0.3, 0.4) is 0 Å². The number of allylic oxidation sites excluding steroid dienone is 1. The Labute approximate surface area is 129 Å². The molecule has 0 saturated heterocycles. The third-order valence-corrected chi connectivity index (χ3v) is 3.48. The van der Waals surface area contributed by atoms with Crippen molar-refractivity contribution in [2.45, 2.75) is 20.8 Å². The molecule has 0 radical (unpaired) electrons. The quantitative estimate of drug-likeness (QED) is 0.854. The molecule has 5 nitrogen and oxygen atoms in total.